The predicted octanol–water partition coefficient (Wildman–Crippen LogP) is 4.27. The highest BCUT2D eigenvalue weighted by molar-refractivity contribution is 6.05. The average Bonchev–Trinajstić information content (AvgIpc) is 2.69. The highest BCUT2D eigenvalue weighted by Crippen LogP contribution is 2.20. The van der Waals surface area contributed by atoms with Crippen molar-refractivity contribution in [1.29, 1.82) is 0 Å². The summed E-state index contributed by atoms with van der Waals surface area (Å²) in [5.41, 5.74) is 3.53. The highest BCUT2D eigenvalue weighted by Gasteiger charge is 2.15. The molecule has 1 N–H and O–H groups in total. The second-order valence-electron chi connectivity index (χ2n) is 5.08. The van der Waals surface area contributed by atoms with Crippen molar-refractivity contribution in [3.8, 4) is 0 Å². The summed E-state index contributed by atoms with van der Waals surface area (Å²) in [6.45, 7) is 7.95. The summed E-state index contributed by atoms with van der Waals surface area (Å²) in [6, 6.07) is 7.93. The van der Waals surface area contributed by atoms with E-state index in [0.717, 1.165) is 11.3 Å². The molecule has 0 aliphatic heterocycles. The van der Waals surface area contributed by atoms with Crippen LogP contribution in [-0.2, 0) is 0 Å². The molecule has 3 heteroatoms. The molecule has 1 aromatic carbocycles. The minimum absolute atomic E-state index is 0.124. The number of nitrogens with one attached hydrogen (secondary N) is 1. The van der Waals surface area contributed by atoms with Crippen molar-refractivity contribution in [1.82, 2.24) is 0 Å². The number of aryl methyl sites for hydroxylation is 2. The molecule has 2 rings (SSSR count). The summed E-state index contributed by atoms with van der Waals surface area (Å²) in [4.78, 5) is 12.2. The van der Waals surface area contributed by atoms with Gasteiger partial charge in [-0.05, 0) is 37.5 Å². The molecule has 0 saturated heterocycles. The van der Waals surface area contributed by atoms with Crippen LogP contribution in [0, 0.1) is 13.8 Å². The maximum atomic E-state index is 12.2. The van der Waals surface area contributed by atoms with Gasteiger partial charge in [0.05, 0.1) is 11.8 Å². The second kappa shape index (κ2) is 5.31. The molecule has 1 aromatic heterocycles. The van der Waals surface area contributed by atoms with Crippen molar-refractivity contribution in [2.24, 2.45) is 0 Å². The molecule has 0 saturated carbocycles. The van der Waals surface area contributed by atoms with Crippen LogP contribution in [0.1, 0.15) is 47.0 Å². The molecule has 0 radical (unpaired) electrons. The Kier molecular flexibility index (Phi) is 3.74. The van der Waals surface area contributed by atoms with Crippen LogP contribution in [0.2, 0.25) is 0 Å². The smallest absolute Gasteiger partial charge is 0.259 e. The first-order valence-electron chi connectivity index (χ1n) is 6.45. The molecule has 0 fully saturated rings. The fourth-order valence-electron chi connectivity index (χ4n) is 2.06. The lowest BCUT2D eigenvalue weighted by molar-refractivity contribution is 0.102. The summed E-state index contributed by atoms with van der Waals surface area (Å²) in [6.07, 6.45) is 1.60. The predicted molar refractivity (Wildman–Crippen MR) is 76.7 cm³/mol. The Morgan fingerprint density at radius 3 is 2.26 bits per heavy atom. The third-order valence-electron chi connectivity index (χ3n) is 3.22. The van der Waals surface area contributed by atoms with E-state index < -0.39 is 0 Å². The van der Waals surface area contributed by atoms with Crippen LogP contribution in [0.5, 0.6) is 0 Å². The van der Waals surface area contributed by atoms with Gasteiger partial charge in [-0.25, -0.2) is 0 Å². The molecule has 0 bridgehead atoms. The number of furan rings is 1. The highest BCUT2D eigenvalue weighted by atomic mass is 16.3. The van der Waals surface area contributed by atoms with Crippen molar-refractivity contribution in [2.75, 3.05) is 5.32 Å². The van der Waals surface area contributed by atoms with Crippen molar-refractivity contribution >= 4 is 11.6 Å². The van der Waals surface area contributed by atoms with E-state index >= 15 is 0 Å². The van der Waals surface area contributed by atoms with Gasteiger partial charge in [0.15, 0.2) is 0 Å². The molecule has 0 unspecified atom stereocenters. The van der Waals surface area contributed by atoms with Gasteiger partial charge in [0.1, 0.15) is 5.76 Å². The standard InChI is InChI=1S/C16H19NO2/c1-10(2)13-5-7-14(8-6-13)17-16(18)15-11(3)9-19-12(15)4/h5-10H,1-4H3,(H,17,18). The Morgan fingerprint density at radius 1 is 1.16 bits per heavy atom. The Labute approximate surface area is 113 Å². The molecule has 0 atom stereocenters. The van der Waals surface area contributed by atoms with Gasteiger partial charge >= 0.3 is 0 Å². The van der Waals surface area contributed by atoms with E-state index in [1.54, 1.807) is 13.2 Å². The van der Waals surface area contributed by atoms with E-state index in [-0.39, 0.29) is 5.91 Å². The van der Waals surface area contributed by atoms with E-state index in [1.807, 2.05) is 31.2 Å². The van der Waals surface area contributed by atoms with Crippen LogP contribution in [0.3, 0.4) is 0 Å². The van der Waals surface area contributed by atoms with E-state index in [0.29, 0.717) is 17.2 Å². The van der Waals surface area contributed by atoms with Crippen molar-refractivity contribution in [3.63, 3.8) is 0 Å². The van der Waals surface area contributed by atoms with Gasteiger partial charge in [0.25, 0.3) is 5.91 Å². The zero-order chi connectivity index (χ0) is 14.0. The van der Waals surface area contributed by atoms with Gasteiger partial charge in [0, 0.05) is 11.3 Å². The third-order valence-corrected chi connectivity index (χ3v) is 3.22. The zero-order valence-electron chi connectivity index (χ0n) is 11.8. The number of hydrogen-bond donors (Lipinski definition) is 1. The number of rotatable bonds is 3. The Morgan fingerprint density at radius 2 is 1.79 bits per heavy atom. The number of amides is 1. The maximum absolute atomic E-state index is 12.2. The Balaban J connectivity index is 2.15. The van der Waals surface area contributed by atoms with Crippen LogP contribution in [0.25, 0.3) is 0 Å². The molecule has 1 heterocycles. The lowest BCUT2D eigenvalue weighted by atomic mass is 10.0. The number of carbonyl (C=O) groups is 1. The van der Waals surface area contributed by atoms with Gasteiger partial charge in [-0.1, -0.05) is 26.0 Å². The van der Waals surface area contributed by atoms with Gasteiger partial charge in [0.2, 0.25) is 0 Å². The molecule has 19 heavy (non-hydrogen) atoms. The number of anilines is 1. The maximum Gasteiger partial charge on any atom is 0.259 e. The molecule has 0 aliphatic carbocycles. The number of hydrogen-bond acceptors (Lipinski definition) is 2. The summed E-state index contributed by atoms with van der Waals surface area (Å²) in [7, 11) is 0. The van der Waals surface area contributed by atoms with Gasteiger partial charge in [-0.3, -0.25) is 4.79 Å². The van der Waals surface area contributed by atoms with E-state index in [2.05, 4.69) is 19.2 Å². The van der Waals surface area contributed by atoms with Gasteiger partial charge < -0.3 is 9.73 Å². The van der Waals surface area contributed by atoms with Crippen LogP contribution < -0.4 is 5.32 Å². The third kappa shape index (κ3) is 2.87. The second-order valence-corrected chi connectivity index (χ2v) is 5.08. The quantitative estimate of drug-likeness (QED) is 0.892. The average molecular weight is 257 g/mol. The zero-order valence-corrected chi connectivity index (χ0v) is 11.8. The van der Waals surface area contributed by atoms with Crippen LogP contribution in [-0.4, -0.2) is 5.91 Å². The molecule has 100 valence electrons. The lowest BCUT2D eigenvalue weighted by Crippen LogP contribution is -2.13. The summed E-state index contributed by atoms with van der Waals surface area (Å²) < 4.78 is 5.24. The molecule has 3 nitrogen and oxygen atoms in total. The molecule has 2 aromatic rings. The van der Waals surface area contributed by atoms with Crippen molar-refractivity contribution in [3.05, 3.63) is 53.0 Å². The molecular weight excluding hydrogens is 238 g/mol. The van der Waals surface area contributed by atoms with E-state index in [1.165, 1.54) is 5.56 Å². The largest absolute Gasteiger partial charge is 0.469 e. The number of benzene rings is 1. The van der Waals surface area contributed by atoms with Crippen LogP contribution in [0.15, 0.2) is 34.9 Å². The molecule has 0 aliphatic rings. The van der Waals surface area contributed by atoms with E-state index in [9.17, 15) is 4.79 Å². The monoisotopic (exact) mass is 257 g/mol. The van der Waals surface area contributed by atoms with E-state index in [4.69, 9.17) is 4.42 Å². The number of carbonyl (C=O) groups excluding carboxylic acids is 1. The summed E-state index contributed by atoms with van der Waals surface area (Å²) >= 11 is 0. The fraction of sp³-hybridized carbons (Fsp3) is 0.312. The molecular formula is C16H19NO2. The first-order chi connectivity index (χ1) is 8.99. The first kappa shape index (κ1) is 13.4. The SMILES string of the molecule is Cc1coc(C)c1C(=O)Nc1ccc(C(C)C)cc1. The Hall–Kier alpha value is -2.03. The normalized spacial score (nSPS) is 10.8. The summed E-state index contributed by atoms with van der Waals surface area (Å²) in [5.74, 6) is 1.01. The Bertz CT molecular complexity index is 560. The van der Waals surface area contributed by atoms with Gasteiger partial charge in [-0.2, -0.15) is 0 Å². The first-order valence-corrected chi connectivity index (χ1v) is 6.45. The minimum Gasteiger partial charge on any atom is -0.469 e. The molecule has 1 amide bonds. The van der Waals surface area contributed by atoms with Crippen molar-refractivity contribution in [2.45, 2.75) is 33.6 Å². The fourth-order valence-corrected chi connectivity index (χ4v) is 2.06. The lowest BCUT2D eigenvalue weighted by Gasteiger charge is -2.08. The molecule has 0 spiro atoms. The van der Waals surface area contributed by atoms with Gasteiger partial charge in [-0.15, -0.1) is 0 Å². The van der Waals surface area contributed by atoms with Crippen LogP contribution >= 0.6 is 0 Å². The topological polar surface area (TPSA) is 42.2 Å². The van der Waals surface area contributed by atoms with Crippen molar-refractivity contribution < 1.29 is 9.21 Å². The minimum atomic E-state index is -0.124. The summed E-state index contributed by atoms with van der Waals surface area (Å²) in [5, 5.41) is 2.89. The van der Waals surface area contributed by atoms with Crippen LogP contribution in [0.4, 0.5) is 5.69 Å².